The van der Waals surface area contributed by atoms with Crippen molar-refractivity contribution in [1.82, 2.24) is 0 Å². The number of carbonyl (C=O) groups excluding carboxylic acids is 1. The highest BCUT2D eigenvalue weighted by molar-refractivity contribution is 8.19. The molecule has 3 aromatic carbocycles. The van der Waals surface area contributed by atoms with Crippen LogP contribution in [0.25, 0.3) is 6.08 Å². The lowest BCUT2D eigenvalue weighted by Crippen LogP contribution is -2.28. The molecule has 0 radical (unpaired) electrons. The van der Waals surface area contributed by atoms with E-state index in [2.05, 4.69) is 4.99 Å². The molecule has 8 heteroatoms. The fraction of sp³-hybridized carbons (Fsp3) is 0.0435. The second kappa shape index (κ2) is 9.06. The standard InChI is InChI=1S/C23H16Cl2N2O3S/c1-30-20-12-14(2-11-19(20)28)13-21-22(29)27(18-9-5-16(25)6-10-18)23(31-21)26-17-7-3-15(24)4-8-17/h2-13,28H,1H3/b21-13-,26-23?. The molecule has 31 heavy (non-hydrogen) atoms. The van der Waals surface area contributed by atoms with Crippen LogP contribution in [0.1, 0.15) is 5.56 Å². The van der Waals surface area contributed by atoms with Crippen LogP contribution in [-0.2, 0) is 4.79 Å². The molecule has 1 aliphatic rings. The number of phenolic OH excluding ortho intramolecular Hbond substituents is 1. The Labute approximate surface area is 193 Å². The number of amides is 1. The summed E-state index contributed by atoms with van der Waals surface area (Å²) < 4.78 is 5.16. The molecule has 0 saturated carbocycles. The third kappa shape index (κ3) is 4.71. The number of ether oxygens (including phenoxy) is 1. The molecule has 1 N–H and O–H groups in total. The van der Waals surface area contributed by atoms with Crippen LogP contribution in [0, 0.1) is 0 Å². The number of benzene rings is 3. The molecular weight excluding hydrogens is 455 g/mol. The van der Waals surface area contributed by atoms with Gasteiger partial charge in [0.1, 0.15) is 0 Å². The quantitative estimate of drug-likeness (QED) is 0.441. The van der Waals surface area contributed by atoms with Crippen LogP contribution in [0.3, 0.4) is 0 Å². The molecule has 0 aromatic heterocycles. The van der Waals surface area contributed by atoms with Crippen molar-refractivity contribution in [2.45, 2.75) is 0 Å². The van der Waals surface area contributed by atoms with Crippen molar-refractivity contribution in [3.63, 3.8) is 0 Å². The molecule has 0 unspecified atom stereocenters. The van der Waals surface area contributed by atoms with Crippen LogP contribution < -0.4 is 9.64 Å². The van der Waals surface area contributed by atoms with Crippen LogP contribution in [0.5, 0.6) is 11.5 Å². The van der Waals surface area contributed by atoms with Crippen LogP contribution in [-0.4, -0.2) is 23.3 Å². The lowest BCUT2D eigenvalue weighted by molar-refractivity contribution is -0.113. The first-order valence-corrected chi connectivity index (χ1v) is 10.7. The van der Waals surface area contributed by atoms with Gasteiger partial charge in [-0.3, -0.25) is 9.69 Å². The first-order chi connectivity index (χ1) is 14.9. The highest BCUT2D eigenvalue weighted by Gasteiger charge is 2.34. The molecule has 156 valence electrons. The van der Waals surface area contributed by atoms with E-state index in [1.807, 2.05) is 0 Å². The summed E-state index contributed by atoms with van der Waals surface area (Å²) in [4.78, 5) is 20.0. The number of amidine groups is 1. The summed E-state index contributed by atoms with van der Waals surface area (Å²) >= 11 is 13.2. The topological polar surface area (TPSA) is 62.1 Å². The Morgan fingerprint density at radius 3 is 2.29 bits per heavy atom. The molecule has 0 atom stereocenters. The van der Waals surface area contributed by atoms with Crippen molar-refractivity contribution in [2.75, 3.05) is 12.0 Å². The number of thioether (sulfide) groups is 1. The monoisotopic (exact) mass is 470 g/mol. The van der Waals surface area contributed by atoms with Gasteiger partial charge in [-0.1, -0.05) is 29.3 Å². The Morgan fingerprint density at radius 2 is 1.65 bits per heavy atom. The first-order valence-electron chi connectivity index (χ1n) is 9.15. The zero-order valence-electron chi connectivity index (χ0n) is 16.3. The number of methoxy groups -OCH3 is 1. The summed E-state index contributed by atoms with van der Waals surface area (Å²) in [5.74, 6) is 0.143. The van der Waals surface area contributed by atoms with E-state index in [9.17, 15) is 9.90 Å². The van der Waals surface area contributed by atoms with Crippen LogP contribution in [0.2, 0.25) is 10.0 Å². The number of halogens is 2. The number of anilines is 1. The van der Waals surface area contributed by atoms with E-state index in [0.29, 0.717) is 42.8 Å². The molecular formula is C23H16Cl2N2O3S. The summed E-state index contributed by atoms with van der Waals surface area (Å²) in [6.45, 7) is 0. The molecule has 1 aliphatic heterocycles. The van der Waals surface area contributed by atoms with Crippen molar-refractivity contribution in [1.29, 1.82) is 0 Å². The fourth-order valence-electron chi connectivity index (χ4n) is 2.93. The van der Waals surface area contributed by atoms with E-state index in [4.69, 9.17) is 27.9 Å². The molecule has 1 fully saturated rings. The van der Waals surface area contributed by atoms with Crippen molar-refractivity contribution in [3.05, 3.63) is 87.2 Å². The number of aliphatic imine (C=N–C) groups is 1. The minimum atomic E-state index is -0.216. The zero-order chi connectivity index (χ0) is 22.0. The van der Waals surface area contributed by atoms with Gasteiger partial charge in [-0.05, 0) is 84.1 Å². The summed E-state index contributed by atoms with van der Waals surface area (Å²) in [7, 11) is 1.47. The Bertz CT molecular complexity index is 1190. The Balaban J connectivity index is 1.76. The second-order valence-corrected chi connectivity index (χ2v) is 8.41. The van der Waals surface area contributed by atoms with Gasteiger partial charge in [-0.25, -0.2) is 4.99 Å². The molecule has 5 nitrogen and oxygen atoms in total. The molecule has 0 bridgehead atoms. The number of aromatic hydroxyl groups is 1. The maximum Gasteiger partial charge on any atom is 0.271 e. The van der Waals surface area contributed by atoms with Gasteiger partial charge >= 0.3 is 0 Å². The van der Waals surface area contributed by atoms with E-state index in [0.717, 1.165) is 0 Å². The van der Waals surface area contributed by atoms with Gasteiger partial charge in [0, 0.05) is 10.0 Å². The van der Waals surface area contributed by atoms with E-state index >= 15 is 0 Å². The number of phenols is 1. The van der Waals surface area contributed by atoms with Gasteiger partial charge in [0.05, 0.1) is 23.4 Å². The Morgan fingerprint density at radius 1 is 1.00 bits per heavy atom. The molecule has 1 heterocycles. The minimum Gasteiger partial charge on any atom is -0.504 e. The maximum atomic E-state index is 13.3. The lowest BCUT2D eigenvalue weighted by atomic mass is 10.2. The molecule has 0 aliphatic carbocycles. The Kier molecular flexibility index (Phi) is 6.23. The van der Waals surface area contributed by atoms with Crippen molar-refractivity contribution in [2.24, 2.45) is 4.99 Å². The van der Waals surface area contributed by atoms with Gasteiger partial charge in [0.25, 0.3) is 5.91 Å². The second-order valence-electron chi connectivity index (χ2n) is 6.53. The van der Waals surface area contributed by atoms with Gasteiger partial charge in [0.2, 0.25) is 0 Å². The van der Waals surface area contributed by atoms with E-state index in [1.165, 1.54) is 24.9 Å². The van der Waals surface area contributed by atoms with Crippen molar-refractivity contribution >= 4 is 63.5 Å². The maximum absolute atomic E-state index is 13.3. The molecule has 1 amide bonds. The van der Waals surface area contributed by atoms with Gasteiger partial charge in [-0.2, -0.15) is 0 Å². The number of rotatable bonds is 4. The van der Waals surface area contributed by atoms with Crippen LogP contribution in [0.4, 0.5) is 11.4 Å². The first kappa shape index (κ1) is 21.3. The largest absolute Gasteiger partial charge is 0.504 e. The van der Waals surface area contributed by atoms with Crippen LogP contribution >= 0.6 is 35.0 Å². The third-order valence-electron chi connectivity index (χ3n) is 4.44. The van der Waals surface area contributed by atoms with E-state index in [-0.39, 0.29) is 11.7 Å². The highest BCUT2D eigenvalue weighted by atomic mass is 35.5. The van der Waals surface area contributed by atoms with Crippen molar-refractivity contribution < 1.29 is 14.6 Å². The Hall–Kier alpha value is -2.93. The fourth-order valence-corrected chi connectivity index (χ4v) is 4.18. The molecule has 4 rings (SSSR count). The zero-order valence-corrected chi connectivity index (χ0v) is 18.6. The van der Waals surface area contributed by atoms with Crippen molar-refractivity contribution in [3.8, 4) is 11.5 Å². The average molecular weight is 471 g/mol. The summed E-state index contributed by atoms with van der Waals surface area (Å²) in [6, 6.07) is 18.9. The summed E-state index contributed by atoms with van der Waals surface area (Å²) in [6.07, 6.45) is 1.74. The van der Waals surface area contributed by atoms with Gasteiger partial charge in [-0.15, -0.1) is 0 Å². The van der Waals surface area contributed by atoms with Gasteiger partial charge in [0.15, 0.2) is 16.7 Å². The third-order valence-corrected chi connectivity index (χ3v) is 5.92. The number of nitrogens with zero attached hydrogens (tertiary/aromatic N) is 2. The minimum absolute atomic E-state index is 0.0304. The highest BCUT2D eigenvalue weighted by Crippen LogP contribution is 2.38. The summed E-state index contributed by atoms with van der Waals surface area (Å²) in [5, 5.41) is 11.5. The lowest BCUT2D eigenvalue weighted by Gasteiger charge is -2.15. The van der Waals surface area contributed by atoms with E-state index < -0.39 is 0 Å². The predicted molar refractivity (Wildman–Crippen MR) is 128 cm³/mol. The molecule has 1 saturated heterocycles. The smallest absolute Gasteiger partial charge is 0.271 e. The van der Waals surface area contributed by atoms with Gasteiger partial charge < -0.3 is 9.84 Å². The predicted octanol–water partition coefficient (Wildman–Crippen LogP) is 6.52. The average Bonchev–Trinajstić information content (AvgIpc) is 3.06. The van der Waals surface area contributed by atoms with E-state index in [1.54, 1.807) is 71.6 Å². The number of carbonyl (C=O) groups is 1. The molecule has 3 aromatic rings. The summed E-state index contributed by atoms with van der Waals surface area (Å²) in [5.41, 5.74) is 2.04. The van der Waals surface area contributed by atoms with Crippen LogP contribution in [0.15, 0.2) is 76.6 Å². The number of hydrogen-bond donors (Lipinski definition) is 1. The molecule has 0 spiro atoms. The SMILES string of the molecule is COc1cc(/C=C2\SC(=Nc3ccc(Cl)cc3)N(c3ccc(Cl)cc3)C2=O)ccc1O. The number of hydrogen-bond acceptors (Lipinski definition) is 5. The normalized spacial score (nSPS) is 16.4.